The molecule has 1 unspecified atom stereocenters. The van der Waals surface area contributed by atoms with Crippen molar-refractivity contribution in [3.05, 3.63) is 65.4 Å². The van der Waals surface area contributed by atoms with Gasteiger partial charge in [-0.2, -0.15) is 0 Å². The lowest BCUT2D eigenvalue weighted by Gasteiger charge is -2.45. The number of hydrogen-bond donors (Lipinski definition) is 0. The maximum absolute atomic E-state index is 13.9. The minimum atomic E-state index is -0.468. The molecule has 0 radical (unpaired) electrons. The molecule has 1 aromatic heterocycles. The minimum Gasteiger partial charge on any atom is -0.379 e. The lowest BCUT2D eigenvalue weighted by Crippen LogP contribution is -2.51. The number of ether oxygens (including phenoxy) is 2. The molecule has 0 bridgehead atoms. The lowest BCUT2D eigenvalue weighted by atomic mass is 9.74. The van der Waals surface area contributed by atoms with Gasteiger partial charge in [-0.1, -0.05) is 50.2 Å². The minimum absolute atomic E-state index is 0.0957. The number of pyridine rings is 1. The van der Waals surface area contributed by atoms with Gasteiger partial charge in [-0.3, -0.25) is 14.6 Å². The van der Waals surface area contributed by atoms with Crippen LogP contribution in [0.5, 0.6) is 0 Å². The fraction of sp³-hybridized carbons (Fsp3) is 0.517. The van der Waals surface area contributed by atoms with E-state index in [0.717, 1.165) is 81.7 Å². The van der Waals surface area contributed by atoms with Crippen molar-refractivity contribution in [3.8, 4) is 0 Å². The molecule has 3 aliphatic rings. The second-order valence-corrected chi connectivity index (χ2v) is 10.6. The van der Waals surface area contributed by atoms with E-state index in [2.05, 4.69) is 52.8 Å². The van der Waals surface area contributed by atoms with E-state index < -0.39 is 5.41 Å². The van der Waals surface area contributed by atoms with E-state index in [0.29, 0.717) is 13.2 Å². The second-order valence-electron chi connectivity index (χ2n) is 10.6. The Kier molecular flexibility index (Phi) is 7.82. The van der Waals surface area contributed by atoms with Crippen LogP contribution in [0.1, 0.15) is 31.1 Å². The molecule has 0 N–H and O–H groups in total. The molecule has 1 aromatic carbocycles. The largest absolute Gasteiger partial charge is 0.379 e. The molecular formula is C29H38N4O3. The molecule has 4 heterocycles. The zero-order chi connectivity index (χ0) is 25.0. The number of carbonyl (C=O) groups excluding carboxylic acids is 1. The monoisotopic (exact) mass is 490 g/mol. The summed E-state index contributed by atoms with van der Waals surface area (Å²) in [7, 11) is 0. The van der Waals surface area contributed by atoms with Gasteiger partial charge in [0.1, 0.15) is 5.82 Å². The van der Waals surface area contributed by atoms with E-state index in [9.17, 15) is 4.79 Å². The highest BCUT2D eigenvalue weighted by molar-refractivity contribution is 6.05. The SMILES string of the molecule is CC1(C)CN(CCN2CCOCC2)C(c2ccccc2)C(=Cc2cccc(N3CCOCC3)n2)C1=O. The molecule has 36 heavy (non-hydrogen) atoms. The number of aromatic nitrogens is 1. The van der Waals surface area contributed by atoms with Gasteiger partial charge < -0.3 is 14.4 Å². The van der Waals surface area contributed by atoms with E-state index in [-0.39, 0.29) is 11.8 Å². The first kappa shape index (κ1) is 25.1. The number of benzene rings is 1. The Morgan fingerprint density at radius 2 is 1.61 bits per heavy atom. The van der Waals surface area contributed by atoms with Crippen LogP contribution in [0.2, 0.25) is 0 Å². The number of Topliss-reactive ketones (excluding diaryl/α,β-unsaturated/α-hetero) is 1. The van der Waals surface area contributed by atoms with Gasteiger partial charge >= 0.3 is 0 Å². The number of piperidine rings is 1. The van der Waals surface area contributed by atoms with Gasteiger partial charge in [0, 0.05) is 56.8 Å². The summed E-state index contributed by atoms with van der Waals surface area (Å²) in [6.07, 6.45) is 2.03. The Balaban J connectivity index is 1.49. The van der Waals surface area contributed by atoms with Crippen molar-refractivity contribution >= 4 is 17.7 Å². The van der Waals surface area contributed by atoms with Gasteiger partial charge in [0.2, 0.25) is 0 Å². The summed E-state index contributed by atoms with van der Waals surface area (Å²) in [5, 5.41) is 0. The number of likely N-dealkylation sites (tertiary alicyclic amines) is 1. The Bertz CT molecular complexity index is 1060. The average Bonchev–Trinajstić information content (AvgIpc) is 2.92. The molecule has 2 aromatic rings. The predicted octanol–water partition coefficient (Wildman–Crippen LogP) is 3.29. The molecule has 7 nitrogen and oxygen atoms in total. The standard InChI is InChI=1S/C29H38N4O3/c1-29(2)22-33(12-11-31-13-17-35-18-14-31)27(23-7-4-3-5-8-23)25(28(29)34)21-24-9-6-10-26(30-24)32-15-19-36-20-16-32/h3-10,21,27H,11-20,22H2,1-2H3. The van der Waals surface area contributed by atoms with Crippen LogP contribution in [0.4, 0.5) is 5.82 Å². The summed E-state index contributed by atoms with van der Waals surface area (Å²) < 4.78 is 11.0. The normalized spacial score (nSPS) is 24.8. The number of anilines is 1. The highest BCUT2D eigenvalue weighted by atomic mass is 16.5. The van der Waals surface area contributed by atoms with Crippen LogP contribution in [0.25, 0.3) is 6.08 Å². The van der Waals surface area contributed by atoms with E-state index in [1.807, 2.05) is 30.3 Å². The summed E-state index contributed by atoms with van der Waals surface area (Å²) in [6, 6.07) is 16.4. The van der Waals surface area contributed by atoms with Gasteiger partial charge in [0.25, 0.3) is 0 Å². The zero-order valence-corrected chi connectivity index (χ0v) is 21.6. The summed E-state index contributed by atoms with van der Waals surface area (Å²) in [5.41, 5.74) is 2.34. The molecule has 0 aliphatic carbocycles. The fourth-order valence-corrected chi connectivity index (χ4v) is 5.50. The number of carbonyl (C=O) groups is 1. The van der Waals surface area contributed by atoms with Crippen LogP contribution in [0.3, 0.4) is 0 Å². The number of hydrogen-bond acceptors (Lipinski definition) is 7. The summed E-state index contributed by atoms with van der Waals surface area (Å²) in [5.74, 6) is 1.15. The molecule has 0 amide bonds. The van der Waals surface area contributed by atoms with E-state index in [1.54, 1.807) is 0 Å². The van der Waals surface area contributed by atoms with Crippen molar-refractivity contribution in [3.63, 3.8) is 0 Å². The first-order chi connectivity index (χ1) is 17.5. The fourth-order valence-electron chi connectivity index (χ4n) is 5.50. The lowest BCUT2D eigenvalue weighted by molar-refractivity contribution is -0.128. The first-order valence-corrected chi connectivity index (χ1v) is 13.2. The van der Waals surface area contributed by atoms with Crippen LogP contribution in [-0.2, 0) is 14.3 Å². The van der Waals surface area contributed by atoms with Crippen molar-refractivity contribution in [2.45, 2.75) is 19.9 Å². The van der Waals surface area contributed by atoms with Crippen molar-refractivity contribution in [1.82, 2.24) is 14.8 Å². The number of nitrogens with zero attached hydrogens (tertiary/aromatic N) is 4. The average molecular weight is 491 g/mol. The Labute approximate surface area is 214 Å². The van der Waals surface area contributed by atoms with Crippen molar-refractivity contribution in [1.29, 1.82) is 0 Å². The van der Waals surface area contributed by atoms with E-state index in [1.165, 1.54) is 0 Å². The maximum Gasteiger partial charge on any atom is 0.167 e. The van der Waals surface area contributed by atoms with Crippen molar-refractivity contribution in [2.75, 3.05) is 77.1 Å². The van der Waals surface area contributed by atoms with Gasteiger partial charge in [-0.05, 0) is 23.8 Å². The Morgan fingerprint density at radius 1 is 0.917 bits per heavy atom. The van der Waals surface area contributed by atoms with Crippen LogP contribution in [0, 0.1) is 5.41 Å². The number of ketones is 1. The Morgan fingerprint density at radius 3 is 2.33 bits per heavy atom. The smallest absolute Gasteiger partial charge is 0.167 e. The zero-order valence-electron chi connectivity index (χ0n) is 21.6. The molecule has 3 aliphatic heterocycles. The third-order valence-corrected chi connectivity index (χ3v) is 7.45. The van der Waals surface area contributed by atoms with Gasteiger partial charge in [-0.15, -0.1) is 0 Å². The van der Waals surface area contributed by atoms with Crippen LogP contribution >= 0.6 is 0 Å². The summed E-state index contributed by atoms with van der Waals surface area (Å²) >= 11 is 0. The molecule has 192 valence electrons. The molecule has 5 rings (SSSR count). The topological polar surface area (TPSA) is 58.1 Å². The highest BCUT2D eigenvalue weighted by Gasteiger charge is 2.43. The van der Waals surface area contributed by atoms with E-state index >= 15 is 0 Å². The number of rotatable bonds is 6. The number of morpholine rings is 2. The summed E-state index contributed by atoms with van der Waals surface area (Å²) in [4.78, 5) is 26.0. The maximum atomic E-state index is 13.9. The molecule has 0 spiro atoms. The Hall–Kier alpha value is -2.58. The van der Waals surface area contributed by atoms with Gasteiger partial charge in [0.05, 0.1) is 38.2 Å². The quantitative estimate of drug-likeness (QED) is 0.576. The second kappa shape index (κ2) is 11.2. The molecule has 3 saturated heterocycles. The van der Waals surface area contributed by atoms with Gasteiger partial charge in [-0.25, -0.2) is 4.98 Å². The molecule has 1 atom stereocenters. The van der Waals surface area contributed by atoms with Gasteiger partial charge in [0.15, 0.2) is 5.78 Å². The predicted molar refractivity (Wildman–Crippen MR) is 142 cm³/mol. The van der Waals surface area contributed by atoms with E-state index in [4.69, 9.17) is 14.5 Å². The molecular weight excluding hydrogens is 452 g/mol. The highest BCUT2D eigenvalue weighted by Crippen LogP contribution is 2.41. The molecule has 3 fully saturated rings. The molecule has 7 heteroatoms. The van der Waals surface area contributed by atoms with Crippen molar-refractivity contribution in [2.24, 2.45) is 5.41 Å². The van der Waals surface area contributed by atoms with Crippen LogP contribution in [-0.4, -0.2) is 92.8 Å². The van der Waals surface area contributed by atoms with Crippen LogP contribution < -0.4 is 4.90 Å². The van der Waals surface area contributed by atoms with Crippen molar-refractivity contribution < 1.29 is 14.3 Å². The molecule has 0 saturated carbocycles. The summed E-state index contributed by atoms with van der Waals surface area (Å²) in [6.45, 7) is 13.4. The first-order valence-electron chi connectivity index (χ1n) is 13.2. The van der Waals surface area contributed by atoms with Crippen LogP contribution in [0.15, 0.2) is 54.1 Å². The third kappa shape index (κ3) is 5.70. The third-order valence-electron chi connectivity index (χ3n) is 7.45.